The quantitative estimate of drug-likeness (QED) is 0.746. The van der Waals surface area contributed by atoms with Gasteiger partial charge in [-0.25, -0.2) is 0 Å². The average Bonchev–Trinajstić information content (AvgIpc) is 2.45. The molecule has 0 saturated carbocycles. The summed E-state index contributed by atoms with van der Waals surface area (Å²) in [5.74, 6) is 1.44. The van der Waals surface area contributed by atoms with E-state index in [0.29, 0.717) is 24.4 Å². The number of carbonyl (C=O) groups excluding carboxylic acids is 1. The zero-order chi connectivity index (χ0) is 15.3. The minimum absolute atomic E-state index is 0.00687. The first kappa shape index (κ1) is 15.9. The first-order chi connectivity index (χ1) is 9.38. The lowest BCUT2D eigenvalue weighted by Gasteiger charge is -2.22. The molecule has 1 aromatic heterocycles. The molecular formula is C12H23N7O. The minimum atomic E-state index is -0.150. The van der Waals surface area contributed by atoms with Crippen molar-refractivity contribution in [3.63, 3.8) is 0 Å². The molecule has 0 aliphatic heterocycles. The highest BCUT2D eigenvalue weighted by Crippen LogP contribution is 2.15. The van der Waals surface area contributed by atoms with Crippen molar-refractivity contribution in [1.82, 2.24) is 20.3 Å². The Kier molecular flexibility index (Phi) is 5.48. The van der Waals surface area contributed by atoms with Crippen LogP contribution in [0.5, 0.6) is 0 Å². The van der Waals surface area contributed by atoms with Gasteiger partial charge in [0, 0.05) is 41.8 Å². The number of hydrogen-bond acceptors (Lipinski definition) is 7. The predicted octanol–water partition coefficient (Wildman–Crippen LogP) is -0.202. The van der Waals surface area contributed by atoms with Gasteiger partial charge in [-0.15, -0.1) is 0 Å². The first-order valence-corrected chi connectivity index (χ1v) is 6.43. The van der Waals surface area contributed by atoms with Crippen LogP contribution in [0.1, 0.15) is 6.92 Å². The Hall–Kier alpha value is -2.12. The van der Waals surface area contributed by atoms with Crippen LogP contribution in [0.4, 0.5) is 17.8 Å². The zero-order valence-corrected chi connectivity index (χ0v) is 12.9. The Morgan fingerprint density at radius 1 is 1.15 bits per heavy atom. The van der Waals surface area contributed by atoms with Gasteiger partial charge in [0.25, 0.3) is 0 Å². The number of rotatable bonds is 6. The lowest BCUT2D eigenvalue weighted by atomic mass is 10.1. The van der Waals surface area contributed by atoms with Gasteiger partial charge in [-0.3, -0.25) is 4.79 Å². The van der Waals surface area contributed by atoms with Gasteiger partial charge in [0.15, 0.2) is 0 Å². The zero-order valence-electron chi connectivity index (χ0n) is 12.9. The number of anilines is 3. The third-order valence-corrected chi connectivity index (χ3v) is 2.82. The standard InChI is InChI=1S/C12H23N7O/c1-8(9(20)13-2)7-19(6)12-16-10(14-3)15-11(17-12)18(4)5/h8H,7H2,1-6H3,(H,13,20)(H,14,15,16,17). The Balaban J connectivity index is 2.94. The molecule has 0 radical (unpaired) electrons. The van der Waals surface area contributed by atoms with Crippen LogP contribution < -0.4 is 20.4 Å². The summed E-state index contributed by atoms with van der Waals surface area (Å²) in [6, 6.07) is 0. The van der Waals surface area contributed by atoms with Crippen LogP contribution in [0.15, 0.2) is 0 Å². The maximum atomic E-state index is 11.6. The maximum Gasteiger partial charge on any atom is 0.231 e. The molecule has 8 heteroatoms. The fraction of sp³-hybridized carbons (Fsp3) is 0.667. The molecule has 0 aliphatic carbocycles. The lowest BCUT2D eigenvalue weighted by molar-refractivity contribution is -0.123. The summed E-state index contributed by atoms with van der Waals surface area (Å²) < 4.78 is 0. The van der Waals surface area contributed by atoms with Crippen molar-refractivity contribution in [2.45, 2.75) is 6.92 Å². The topological polar surface area (TPSA) is 86.3 Å². The molecule has 0 bridgehead atoms. The summed E-state index contributed by atoms with van der Waals surface area (Å²) in [6.45, 7) is 2.39. The van der Waals surface area contributed by atoms with Gasteiger partial charge in [-0.05, 0) is 0 Å². The largest absolute Gasteiger partial charge is 0.359 e. The third-order valence-electron chi connectivity index (χ3n) is 2.82. The van der Waals surface area contributed by atoms with Gasteiger partial charge in [-0.2, -0.15) is 15.0 Å². The van der Waals surface area contributed by atoms with E-state index in [0.717, 1.165) is 0 Å². The van der Waals surface area contributed by atoms with Crippen molar-refractivity contribution in [3.05, 3.63) is 0 Å². The van der Waals surface area contributed by atoms with Crippen LogP contribution in [0, 0.1) is 5.92 Å². The highest BCUT2D eigenvalue weighted by molar-refractivity contribution is 5.78. The van der Waals surface area contributed by atoms with Crippen LogP contribution in [-0.2, 0) is 4.79 Å². The Morgan fingerprint density at radius 2 is 1.75 bits per heavy atom. The van der Waals surface area contributed by atoms with E-state index in [2.05, 4.69) is 25.6 Å². The second-order valence-corrected chi connectivity index (χ2v) is 4.80. The fourth-order valence-corrected chi connectivity index (χ4v) is 1.66. The lowest BCUT2D eigenvalue weighted by Crippen LogP contribution is -2.35. The van der Waals surface area contributed by atoms with Crippen molar-refractivity contribution in [2.75, 3.05) is 56.9 Å². The monoisotopic (exact) mass is 281 g/mol. The third kappa shape index (κ3) is 3.94. The smallest absolute Gasteiger partial charge is 0.231 e. The van der Waals surface area contributed by atoms with Gasteiger partial charge in [-0.1, -0.05) is 6.92 Å². The van der Waals surface area contributed by atoms with Crippen LogP contribution in [0.3, 0.4) is 0 Å². The summed E-state index contributed by atoms with van der Waals surface area (Å²) >= 11 is 0. The van der Waals surface area contributed by atoms with Crippen molar-refractivity contribution >= 4 is 23.8 Å². The normalized spacial score (nSPS) is 11.7. The fourth-order valence-electron chi connectivity index (χ4n) is 1.66. The van der Waals surface area contributed by atoms with E-state index in [1.165, 1.54) is 0 Å². The van der Waals surface area contributed by atoms with Gasteiger partial charge >= 0.3 is 0 Å². The summed E-state index contributed by atoms with van der Waals surface area (Å²) in [5, 5.41) is 5.54. The second-order valence-electron chi connectivity index (χ2n) is 4.80. The molecule has 2 N–H and O–H groups in total. The Bertz CT molecular complexity index is 463. The molecule has 1 unspecified atom stereocenters. The molecular weight excluding hydrogens is 258 g/mol. The molecule has 0 fully saturated rings. The number of hydrogen-bond donors (Lipinski definition) is 2. The van der Waals surface area contributed by atoms with Crippen LogP contribution in [0.25, 0.3) is 0 Å². The molecule has 1 aromatic rings. The average molecular weight is 281 g/mol. The van der Waals surface area contributed by atoms with Crippen molar-refractivity contribution in [2.24, 2.45) is 5.92 Å². The van der Waals surface area contributed by atoms with E-state index in [-0.39, 0.29) is 11.8 Å². The van der Waals surface area contributed by atoms with E-state index in [1.807, 2.05) is 37.9 Å². The molecule has 1 heterocycles. The molecule has 8 nitrogen and oxygen atoms in total. The minimum Gasteiger partial charge on any atom is -0.359 e. The second kappa shape index (κ2) is 6.88. The van der Waals surface area contributed by atoms with Crippen LogP contribution in [-0.4, -0.2) is 62.6 Å². The van der Waals surface area contributed by atoms with Crippen LogP contribution >= 0.6 is 0 Å². The van der Waals surface area contributed by atoms with Crippen molar-refractivity contribution in [3.8, 4) is 0 Å². The highest BCUT2D eigenvalue weighted by atomic mass is 16.1. The van der Waals surface area contributed by atoms with Gasteiger partial charge in [0.2, 0.25) is 23.8 Å². The summed E-state index contributed by atoms with van der Waals surface area (Å²) in [6.07, 6.45) is 0. The number of nitrogens with one attached hydrogen (secondary N) is 2. The number of aromatic nitrogens is 3. The molecule has 0 aromatic carbocycles. The molecule has 1 atom stereocenters. The van der Waals surface area contributed by atoms with E-state index in [9.17, 15) is 4.79 Å². The van der Waals surface area contributed by atoms with Gasteiger partial charge < -0.3 is 20.4 Å². The van der Waals surface area contributed by atoms with Gasteiger partial charge in [0.05, 0.1) is 5.92 Å². The van der Waals surface area contributed by atoms with E-state index in [4.69, 9.17) is 0 Å². The van der Waals surface area contributed by atoms with E-state index in [1.54, 1.807) is 14.1 Å². The summed E-state index contributed by atoms with van der Waals surface area (Å²) in [5.41, 5.74) is 0. The molecule has 1 rings (SSSR count). The summed E-state index contributed by atoms with van der Waals surface area (Å²) in [4.78, 5) is 28.2. The van der Waals surface area contributed by atoms with Crippen molar-refractivity contribution in [1.29, 1.82) is 0 Å². The van der Waals surface area contributed by atoms with Crippen molar-refractivity contribution < 1.29 is 4.79 Å². The van der Waals surface area contributed by atoms with E-state index >= 15 is 0 Å². The number of carbonyl (C=O) groups is 1. The Labute approximate surface area is 119 Å². The van der Waals surface area contributed by atoms with E-state index < -0.39 is 0 Å². The number of amides is 1. The molecule has 0 aliphatic rings. The number of nitrogens with zero attached hydrogens (tertiary/aromatic N) is 5. The molecule has 20 heavy (non-hydrogen) atoms. The Morgan fingerprint density at radius 3 is 2.25 bits per heavy atom. The highest BCUT2D eigenvalue weighted by Gasteiger charge is 2.17. The first-order valence-electron chi connectivity index (χ1n) is 6.43. The molecule has 0 spiro atoms. The molecule has 112 valence electrons. The summed E-state index contributed by atoms with van der Waals surface area (Å²) in [7, 11) is 8.97. The SMILES string of the molecule is CNC(=O)C(C)CN(C)c1nc(NC)nc(N(C)C)n1. The van der Waals surface area contributed by atoms with Gasteiger partial charge in [0.1, 0.15) is 0 Å². The van der Waals surface area contributed by atoms with Crippen LogP contribution in [0.2, 0.25) is 0 Å². The molecule has 0 saturated heterocycles. The maximum absolute atomic E-state index is 11.6. The predicted molar refractivity (Wildman–Crippen MR) is 80.2 cm³/mol. The molecule has 1 amide bonds.